The molecular weight excluding hydrogens is 266 g/mol. The standard InChI is InChI=1S/C13H20ClN3O2/c1-2-7-17-13(11(14)8-16-17)12(18)9-19-10-3-5-15-6-4-10/h8,10,15H,2-7,9H2,1H3. The van der Waals surface area contributed by atoms with Crippen molar-refractivity contribution in [1.29, 1.82) is 0 Å². The summed E-state index contributed by atoms with van der Waals surface area (Å²) in [4.78, 5) is 12.2. The highest BCUT2D eigenvalue weighted by Gasteiger charge is 2.20. The maximum absolute atomic E-state index is 12.2. The Balaban J connectivity index is 1.93. The van der Waals surface area contributed by atoms with Crippen LogP contribution in [0.4, 0.5) is 0 Å². The number of ketones is 1. The minimum absolute atomic E-state index is 0.0831. The molecule has 5 nitrogen and oxygen atoms in total. The summed E-state index contributed by atoms with van der Waals surface area (Å²) in [6.45, 7) is 4.72. The van der Waals surface area contributed by atoms with E-state index in [1.165, 1.54) is 6.20 Å². The van der Waals surface area contributed by atoms with Gasteiger partial charge in [0.25, 0.3) is 0 Å². The molecule has 0 bridgehead atoms. The monoisotopic (exact) mass is 285 g/mol. The van der Waals surface area contributed by atoms with Crippen molar-refractivity contribution in [3.05, 3.63) is 16.9 Å². The van der Waals surface area contributed by atoms with E-state index in [2.05, 4.69) is 10.4 Å². The largest absolute Gasteiger partial charge is 0.370 e. The first-order valence-electron chi connectivity index (χ1n) is 6.79. The van der Waals surface area contributed by atoms with E-state index in [0.717, 1.165) is 32.4 Å². The third-order valence-electron chi connectivity index (χ3n) is 3.23. The van der Waals surface area contributed by atoms with Crippen molar-refractivity contribution in [2.45, 2.75) is 38.8 Å². The van der Waals surface area contributed by atoms with E-state index in [9.17, 15) is 4.79 Å². The first-order chi connectivity index (χ1) is 9.22. The Kier molecular flexibility index (Phi) is 5.36. The number of hydrogen-bond donors (Lipinski definition) is 1. The number of ether oxygens (including phenoxy) is 1. The third kappa shape index (κ3) is 3.78. The number of piperidine rings is 1. The van der Waals surface area contributed by atoms with Gasteiger partial charge in [-0.1, -0.05) is 18.5 Å². The Labute approximate surface area is 118 Å². The van der Waals surface area contributed by atoms with Crippen molar-refractivity contribution < 1.29 is 9.53 Å². The van der Waals surface area contributed by atoms with Crippen LogP contribution in [-0.2, 0) is 11.3 Å². The molecule has 1 aromatic rings. The zero-order chi connectivity index (χ0) is 13.7. The molecule has 0 unspecified atom stereocenters. The molecule has 0 spiro atoms. The van der Waals surface area contributed by atoms with Crippen LogP contribution in [0.5, 0.6) is 0 Å². The van der Waals surface area contributed by atoms with Crippen LogP contribution in [0.3, 0.4) is 0 Å². The fraction of sp³-hybridized carbons (Fsp3) is 0.692. The van der Waals surface area contributed by atoms with Gasteiger partial charge in [-0.25, -0.2) is 0 Å². The van der Waals surface area contributed by atoms with E-state index in [1.54, 1.807) is 4.68 Å². The molecule has 1 aromatic heterocycles. The Morgan fingerprint density at radius 1 is 1.58 bits per heavy atom. The van der Waals surface area contributed by atoms with Crippen LogP contribution < -0.4 is 5.32 Å². The molecule has 2 rings (SSSR count). The van der Waals surface area contributed by atoms with Crippen molar-refractivity contribution in [1.82, 2.24) is 15.1 Å². The van der Waals surface area contributed by atoms with Crippen LogP contribution in [0.15, 0.2) is 6.20 Å². The van der Waals surface area contributed by atoms with Crippen LogP contribution >= 0.6 is 11.6 Å². The topological polar surface area (TPSA) is 56.2 Å². The molecule has 0 amide bonds. The Hall–Kier alpha value is -0.910. The predicted molar refractivity (Wildman–Crippen MR) is 73.7 cm³/mol. The fourth-order valence-corrected chi connectivity index (χ4v) is 2.49. The molecule has 0 radical (unpaired) electrons. The number of Topliss-reactive ketones (excluding diaryl/α,β-unsaturated/α-hetero) is 1. The van der Waals surface area contributed by atoms with Gasteiger partial charge in [-0.05, 0) is 32.4 Å². The van der Waals surface area contributed by atoms with E-state index < -0.39 is 0 Å². The smallest absolute Gasteiger partial charge is 0.207 e. The minimum Gasteiger partial charge on any atom is -0.370 e. The lowest BCUT2D eigenvalue weighted by Crippen LogP contribution is -2.33. The molecule has 0 saturated carbocycles. The number of nitrogens with one attached hydrogen (secondary N) is 1. The zero-order valence-corrected chi connectivity index (χ0v) is 11.9. The van der Waals surface area contributed by atoms with Crippen LogP contribution in [0.1, 0.15) is 36.7 Å². The lowest BCUT2D eigenvalue weighted by molar-refractivity contribution is 0.0312. The number of nitrogens with zero attached hydrogens (tertiary/aromatic N) is 2. The summed E-state index contributed by atoms with van der Waals surface area (Å²) in [7, 11) is 0. The maximum Gasteiger partial charge on any atom is 0.207 e. The summed E-state index contributed by atoms with van der Waals surface area (Å²) in [5.41, 5.74) is 0.470. The second-order valence-corrected chi connectivity index (χ2v) is 5.15. The summed E-state index contributed by atoms with van der Waals surface area (Å²) in [5, 5.41) is 7.79. The summed E-state index contributed by atoms with van der Waals surface area (Å²) < 4.78 is 7.33. The summed E-state index contributed by atoms with van der Waals surface area (Å²) in [5.74, 6) is -0.0884. The summed E-state index contributed by atoms with van der Waals surface area (Å²) in [6.07, 6.45) is 4.51. The van der Waals surface area contributed by atoms with E-state index in [0.29, 0.717) is 17.3 Å². The first kappa shape index (κ1) is 14.5. The Bertz CT molecular complexity index is 428. The predicted octanol–water partition coefficient (Wildman–Crippen LogP) is 1.90. The second kappa shape index (κ2) is 7.03. The Morgan fingerprint density at radius 2 is 2.32 bits per heavy atom. The average molecular weight is 286 g/mol. The lowest BCUT2D eigenvalue weighted by atomic mass is 10.1. The second-order valence-electron chi connectivity index (χ2n) is 4.75. The van der Waals surface area contributed by atoms with Gasteiger partial charge < -0.3 is 10.1 Å². The molecule has 0 atom stereocenters. The van der Waals surface area contributed by atoms with Crippen molar-refractivity contribution in [2.75, 3.05) is 19.7 Å². The van der Waals surface area contributed by atoms with Gasteiger partial charge in [0.15, 0.2) is 0 Å². The van der Waals surface area contributed by atoms with E-state index >= 15 is 0 Å². The van der Waals surface area contributed by atoms with Gasteiger partial charge in [0.2, 0.25) is 5.78 Å². The SMILES string of the molecule is CCCn1ncc(Cl)c1C(=O)COC1CCNCC1. The van der Waals surface area contributed by atoms with Gasteiger partial charge in [0.05, 0.1) is 17.3 Å². The summed E-state index contributed by atoms with van der Waals surface area (Å²) in [6, 6.07) is 0. The molecule has 1 saturated heterocycles. The molecule has 0 aliphatic carbocycles. The highest BCUT2D eigenvalue weighted by atomic mass is 35.5. The van der Waals surface area contributed by atoms with Crippen molar-refractivity contribution in [3.63, 3.8) is 0 Å². The molecule has 0 aromatic carbocycles. The van der Waals surface area contributed by atoms with Gasteiger partial charge >= 0.3 is 0 Å². The average Bonchev–Trinajstić information content (AvgIpc) is 2.79. The number of hydrogen-bond acceptors (Lipinski definition) is 4. The molecule has 1 fully saturated rings. The van der Waals surface area contributed by atoms with Crippen molar-refractivity contribution in [3.8, 4) is 0 Å². The number of carbonyl (C=O) groups excluding carboxylic acids is 1. The van der Waals surface area contributed by atoms with Gasteiger partial charge in [-0.15, -0.1) is 0 Å². The van der Waals surface area contributed by atoms with Gasteiger partial charge in [0.1, 0.15) is 12.3 Å². The van der Waals surface area contributed by atoms with E-state index in [1.807, 2.05) is 6.92 Å². The third-order valence-corrected chi connectivity index (χ3v) is 3.51. The normalized spacial score (nSPS) is 16.7. The number of rotatable bonds is 6. The van der Waals surface area contributed by atoms with Gasteiger partial charge in [-0.2, -0.15) is 5.10 Å². The van der Waals surface area contributed by atoms with Crippen LogP contribution in [-0.4, -0.2) is 41.4 Å². The number of aromatic nitrogens is 2. The molecule has 1 aliphatic heterocycles. The molecule has 6 heteroatoms. The van der Waals surface area contributed by atoms with Crippen molar-refractivity contribution >= 4 is 17.4 Å². The fourth-order valence-electron chi connectivity index (χ4n) is 2.25. The van der Waals surface area contributed by atoms with Crippen LogP contribution in [0.2, 0.25) is 5.02 Å². The molecule has 106 valence electrons. The quantitative estimate of drug-likeness (QED) is 0.811. The van der Waals surface area contributed by atoms with Gasteiger partial charge in [-0.3, -0.25) is 9.48 Å². The zero-order valence-electron chi connectivity index (χ0n) is 11.2. The van der Waals surface area contributed by atoms with Crippen LogP contribution in [0, 0.1) is 0 Å². The maximum atomic E-state index is 12.2. The molecule has 1 N–H and O–H groups in total. The van der Waals surface area contributed by atoms with Gasteiger partial charge in [0, 0.05) is 6.54 Å². The van der Waals surface area contributed by atoms with Crippen LogP contribution in [0.25, 0.3) is 0 Å². The number of carbonyl (C=O) groups is 1. The summed E-state index contributed by atoms with van der Waals surface area (Å²) >= 11 is 6.03. The molecule has 1 aliphatic rings. The highest BCUT2D eigenvalue weighted by Crippen LogP contribution is 2.17. The van der Waals surface area contributed by atoms with E-state index in [-0.39, 0.29) is 18.5 Å². The molecular formula is C13H20ClN3O2. The Morgan fingerprint density at radius 3 is 3.00 bits per heavy atom. The lowest BCUT2D eigenvalue weighted by Gasteiger charge is -2.22. The molecule has 2 heterocycles. The number of aryl methyl sites for hydroxylation is 1. The van der Waals surface area contributed by atoms with E-state index in [4.69, 9.17) is 16.3 Å². The number of halogens is 1. The minimum atomic E-state index is -0.0884. The molecule has 19 heavy (non-hydrogen) atoms. The first-order valence-corrected chi connectivity index (χ1v) is 7.17. The highest BCUT2D eigenvalue weighted by molar-refractivity contribution is 6.33. The van der Waals surface area contributed by atoms with Crippen molar-refractivity contribution in [2.24, 2.45) is 0 Å².